The fraction of sp³-hybridized carbons (Fsp3) is 0.300. The largest absolute Gasteiger partial charge is 0.371 e. The Bertz CT molecular complexity index is 1300. The van der Waals surface area contributed by atoms with Gasteiger partial charge < -0.3 is 20.5 Å². The van der Waals surface area contributed by atoms with E-state index in [0.717, 1.165) is 61.3 Å². The first-order chi connectivity index (χ1) is 17.1. The van der Waals surface area contributed by atoms with Gasteiger partial charge in [0.1, 0.15) is 0 Å². The lowest BCUT2D eigenvalue weighted by atomic mass is 10.0. The van der Waals surface area contributed by atoms with E-state index in [1.165, 1.54) is 22.2 Å². The van der Waals surface area contributed by atoms with Crippen LogP contribution in [0.5, 0.6) is 0 Å². The van der Waals surface area contributed by atoms with Crippen molar-refractivity contribution in [1.29, 1.82) is 0 Å². The zero-order chi connectivity index (χ0) is 24.2. The lowest BCUT2D eigenvalue weighted by Gasteiger charge is -2.34. The molecule has 1 saturated heterocycles. The van der Waals surface area contributed by atoms with Gasteiger partial charge in [0.05, 0.1) is 0 Å². The minimum absolute atomic E-state index is 0.0604. The minimum Gasteiger partial charge on any atom is -0.371 e. The first-order valence-corrected chi connectivity index (χ1v) is 12.6. The van der Waals surface area contributed by atoms with Crippen LogP contribution >= 0.6 is 0 Å². The molecule has 35 heavy (non-hydrogen) atoms. The van der Waals surface area contributed by atoms with Crippen LogP contribution in [0.25, 0.3) is 10.9 Å². The number of nitrogens with one attached hydrogen (secondary N) is 3. The standard InChI is InChI=1S/C30H34N4O/c1-21-7-12-27(22(2)19-21)30(35)33-25-8-10-26(11-9-25)34-17-14-24(15-18-34)31-16-13-23-20-32-29-6-4-3-5-28(23)29/h3-12,19-20,24,31-32H,13-18H2,1-2H3,(H,33,35). The zero-order valence-corrected chi connectivity index (χ0v) is 20.6. The molecule has 5 nitrogen and oxygen atoms in total. The molecule has 3 aromatic carbocycles. The van der Waals surface area contributed by atoms with Crippen LogP contribution in [0.2, 0.25) is 0 Å². The maximum atomic E-state index is 12.7. The second kappa shape index (κ2) is 10.4. The number of benzene rings is 3. The molecule has 0 unspecified atom stereocenters. The highest BCUT2D eigenvalue weighted by Crippen LogP contribution is 2.23. The summed E-state index contributed by atoms with van der Waals surface area (Å²) in [6, 6.07) is 23.2. The normalized spacial score (nSPS) is 14.4. The van der Waals surface area contributed by atoms with Crippen molar-refractivity contribution in [2.45, 2.75) is 39.2 Å². The third kappa shape index (κ3) is 5.41. The summed E-state index contributed by atoms with van der Waals surface area (Å²) < 4.78 is 0. The number of fused-ring (bicyclic) bond motifs is 1. The van der Waals surface area contributed by atoms with Gasteiger partial charge in [0.15, 0.2) is 0 Å². The molecule has 1 aliphatic heterocycles. The molecule has 4 aromatic rings. The van der Waals surface area contributed by atoms with Gasteiger partial charge in [-0.25, -0.2) is 0 Å². The van der Waals surface area contributed by atoms with Crippen LogP contribution in [0, 0.1) is 13.8 Å². The Morgan fingerprint density at radius 3 is 2.54 bits per heavy atom. The molecule has 0 saturated carbocycles. The number of carbonyl (C=O) groups excluding carboxylic acids is 1. The molecule has 0 spiro atoms. The average molecular weight is 467 g/mol. The van der Waals surface area contributed by atoms with Crippen LogP contribution in [-0.2, 0) is 6.42 Å². The van der Waals surface area contributed by atoms with E-state index < -0.39 is 0 Å². The highest BCUT2D eigenvalue weighted by Gasteiger charge is 2.19. The van der Waals surface area contributed by atoms with E-state index in [-0.39, 0.29) is 5.91 Å². The number of amides is 1. The molecule has 180 valence electrons. The SMILES string of the molecule is Cc1ccc(C(=O)Nc2ccc(N3CCC(NCCc4c[nH]c5ccccc45)CC3)cc2)c(C)c1. The number of hydrogen-bond acceptors (Lipinski definition) is 3. The Hall–Kier alpha value is -3.57. The first-order valence-electron chi connectivity index (χ1n) is 12.6. The van der Waals surface area contributed by atoms with Crippen molar-refractivity contribution in [3.05, 3.63) is 95.2 Å². The number of H-pyrrole nitrogens is 1. The minimum atomic E-state index is -0.0604. The Balaban J connectivity index is 1.09. The van der Waals surface area contributed by atoms with E-state index in [4.69, 9.17) is 0 Å². The number of hydrogen-bond donors (Lipinski definition) is 3. The maximum Gasteiger partial charge on any atom is 0.255 e. The maximum absolute atomic E-state index is 12.7. The highest BCUT2D eigenvalue weighted by atomic mass is 16.1. The molecule has 1 aliphatic rings. The molecule has 0 aliphatic carbocycles. The smallest absolute Gasteiger partial charge is 0.255 e. The monoisotopic (exact) mass is 466 g/mol. The third-order valence-electron chi connectivity index (χ3n) is 7.11. The fourth-order valence-corrected chi connectivity index (χ4v) is 5.11. The van der Waals surface area contributed by atoms with E-state index in [0.29, 0.717) is 6.04 Å². The second-order valence-electron chi connectivity index (χ2n) is 9.64. The van der Waals surface area contributed by atoms with Crippen molar-refractivity contribution in [3.63, 3.8) is 0 Å². The zero-order valence-electron chi connectivity index (χ0n) is 20.6. The van der Waals surface area contributed by atoms with Gasteiger partial charge in [0.2, 0.25) is 0 Å². The van der Waals surface area contributed by atoms with Gasteiger partial charge in [0.25, 0.3) is 5.91 Å². The van der Waals surface area contributed by atoms with Crippen molar-refractivity contribution in [2.75, 3.05) is 29.9 Å². The first kappa shape index (κ1) is 23.2. The quantitative estimate of drug-likeness (QED) is 0.321. The van der Waals surface area contributed by atoms with E-state index in [1.54, 1.807) is 0 Å². The van der Waals surface area contributed by atoms with Crippen molar-refractivity contribution in [2.24, 2.45) is 0 Å². The molecule has 1 amide bonds. The van der Waals surface area contributed by atoms with Gasteiger partial charge in [-0.3, -0.25) is 4.79 Å². The van der Waals surface area contributed by atoms with Gasteiger partial charge in [-0.2, -0.15) is 0 Å². The lowest BCUT2D eigenvalue weighted by molar-refractivity contribution is 0.102. The second-order valence-corrected chi connectivity index (χ2v) is 9.64. The number of carbonyl (C=O) groups is 1. The fourth-order valence-electron chi connectivity index (χ4n) is 5.11. The third-order valence-corrected chi connectivity index (χ3v) is 7.11. The molecular weight excluding hydrogens is 432 g/mol. The number of rotatable bonds is 7. The number of aromatic amines is 1. The van der Waals surface area contributed by atoms with Gasteiger partial charge >= 0.3 is 0 Å². The van der Waals surface area contributed by atoms with Crippen LogP contribution in [0.3, 0.4) is 0 Å². The number of anilines is 2. The van der Waals surface area contributed by atoms with E-state index in [9.17, 15) is 4.79 Å². The predicted molar refractivity (Wildman–Crippen MR) is 146 cm³/mol. The Morgan fingerprint density at radius 1 is 1.00 bits per heavy atom. The molecule has 2 heterocycles. The Kier molecular flexibility index (Phi) is 6.87. The van der Waals surface area contributed by atoms with Crippen LogP contribution in [-0.4, -0.2) is 36.6 Å². The summed E-state index contributed by atoms with van der Waals surface area (Å²) in [6.45, 7) is 7.10. The van der Waals surface area contributed by atoms with Crippen LogP contribution < -0.4 is 15.5 Å². The number of aromatic nitrogens is 1. The highest BCUT2D eigenvalue weighted by molar-refractivity contribution is 6.05. The van der Waals surface area contributed by atoms with E-state index in [2.05, 4.69) is 63.1 Å². The summed E-state index contributed by atoms with van der Waals surface area (Å²) in [7, 11) is 0. The average Bonchev–Trinajstić information content (AvgIpc) is 3.28. The molecule has 0 bridgehead atoms. The van der Waals surface area contributed by atoms with E-state index >= 15 is 0 Å². The summed E-state index contributed by atoms with van der Waals surface area (Å²) in [4.78, 5) is 18.5. The number of nitrogens with zero attached hydrogens (tertiary/aromatic N) is 1. The van der Waals surface area contributed by atoms with Crippen LogP contribution in [0.15, 0.2) is 72.9 Å². The van der Waals surface area contributed by atoms with E-state index in [1.807, 2.05) is 44.2 Å². The molecule has 1 fully saturated rings. The summed E-state index contributed by atoms with van der Waals surface area (Å²) >= 11 is 0. The summed E-state index contributed by atoms with van der Waals surface area (Å²) in [5, 5.41) is 8.13. The Labute approximate surface area is 207 Å². The van der Waals surface area contributed by atoms with Gasteiger partial charge in [-0.15, -0.1) is 0 Å². The molecule has 0 radical (unpaired) electrons. The molecular formula is C30H34N4O. The van der Waals surface area contributed by atoms with Crippen molar-refractivity contribution in [1.82, 2.24) is 10.3 Å². The van der Waals surface area contributed by atoms with Crippen molar-refractivity contribution >= 4 is 28.2 Å². The summed E-state index contributed by atoms with van der Waals surface area (Å²) in [5.74, 6) is -0.0604. The van der Waals surface area contributed by atoms with Crippen molar-refractivity contribution < 1.29 is 4.79 Å². The summed E-state index contributed by atoms with van der Waals surface area (Å²) in [6.07, 6.45) is 5.46. The van der Waals surface area contributed by atoms with Gasteiger partial charge in [-0.1, -0.05) is 35.9 Å². The Morgan fingerprint density at radius 2 is 1.77 bits per heavy atom. The topological polar surface area (TPSA) is 60.2 Å². The number of aryl methyl sites for hydroxylation is 2. The molecule has 1 aromatic heterocycles. The lowest BCUT2D eigenvalue weighted by Crippen LogP contribution is -2.43. The van der Waals surface area contributed by atoms with Gasteiger partial charge in [-0.05, 0) is 87.2 Å². The van der Waals surface area contributed by atoms with Crippen molar-refractivity contribution in [3.8, 4) is 0 Å². The molecule has 5 rings (SSSR count). The molecule has 5 heteroatoms. The van der Waals surface area contributed by atoms with Crippen LogP contribution in [0.4, 0.5) is 11.4 Å². The molecule has 0 atom stereocenters. The number of para-hydroxylation sites is 1. The molecule has 3 N–H and O–H groups in total. The van der Waals surface area contributed by atoms with Gasteiger partial charge in [0, 0.05) is 53.2 Å². The summed E-state index contributed by atoms with van der Waals surface area (Å²) in [5.41, 5.74) is 7.52. The number of piperidine rings is 1. The predicted octanol–water partition coefficient (Wildman–Crippen LogP) is 5.84. The van der Waals surface area contributed by atoms with Crippen LogP contribution in [0.1, 0.15) is 39.9 Å².